The summed E-state index contributed by atoms with van der Waals surface area (Å²) >= 11 is 0. The molecule has 2 rings (SSSR count). The van der Waals surface area contributed by atoms with Gasteiger partial charge in [0, 0.05) is 17.6 Å². The van der Waals surface area contributed by atoms with Gasteiger partial charge >= 0.3 is 0 Å². The van der Waals surface area contributed by atoms with E-state index in [1.54, 1.807) is 12.1 Å². The van der Waals surface area contributed by atoms with Gasteiger partial charge in [-0.05, 0) is 24.3 Å². The normalized spacial score (nSPS) is 18.7. The molecular formula is C11H14FNO. The molecule has 1 N–H and O–H groups in total. The highest BCUT2D eigenvalue weighted by Crippen LogP contribution is 2.26. The Bertz CT molecular complexity index is 306. The average molecular weight is 195 g/mol. The monoisotopic (exact) mass is 195 g/mol. The second kappa shape index (κ2) is 3.58. The van der Waals surface area contributed by atoms with Crippen LogP contribution in [0.2, 0.25) is 0 Å². The van der Waals surface area contributed by atoms with Crippen LogP contribution in [0.1, 0.15) is 6.92 Å². The average Bonchev–Trinajstić information content (AvgIpc) is 2.14. The fourth-order valence-corrected chi connectivity index (χ4v) is 1.44. The molecule has 1 aromatic carbocycles. The van der Waals surface area contributed by atoms with Crippen LogP contribution in [0.5, 0.6) is 0 Å². The molecule has 0 aromatic heterocycles. The minimum Gasteiger partial charge on any atom is -0.384 e. The standard InChI is InChI=1S/C11H14FNO/c1-11(7-14-8-11)6-13-10-4-2-9(12)3-5-10/h2-5,13H,6-8H2,1H3. The molecule has 1 aromatic rings. The van der Waals surface area contributed by atoms with E-state index in [-0.39, 0.29) is 11.2 Å². The zero-order valence-electron chi connectivity index (χ0n) is 8.22. The van der Waals surface area contributed by atoms with E-state index in [0.29, 0.717) is 0 Å². The molecule has 0 bridgehead atoms. The molecule has 0 spiro atoms. The van der Waals surface area contributed by atoms with E-state index >= 15 is 0 Å². The topological polar surface area (TPSA) is 21.3 Å². The number of benzene rings is 1. The number of ether oxygens (including phenoxy) is 1. The molecule has 0 radical (unpaired) electrons. The Balaban J connectivity index is 1.88. The van der Waals surface area contributed by atoms with Crippen molar-refractivity contribution >= 4 is 5.69 Å². The molecule has 2 nitrogen and oxygen atoms in total. The minimum atomic E-state index is -0.200. The second-order valence-electron chi connectivity index (χ2n) is 4.16. The van der Waals surface area contributed by atoms with Gasteiger partial charge in [-0.25, -0.2) is 4.39 Å². The van der Waals surface area contributed by atoms with Gasteiger partial charge in [-0.2, -0.15) is 0 Å². The summed E-state index contributed by atoms with van der Waals surface area (Å²) in [7, 11) is 0. The molecule has 0 saturated carbocycles. The maximum atomic E-state index is 12.6. The first-order chi connectivity index (χ1) is 6.68. The van der Waals surface area contributed by atoms with E-state index in [1.807, 2.05) is 0 Å². The number of hydrogen-bond acceptors (Lipinski definition) is 2. The number of rotatable bonds is 3. The predicted octanol–water partition coefficient (Wildman–Crippen LogP) is 2.27. The Hall–Kier alpha value is -1.09. The Kier molecular flexibility index (Phi) is 2.42. The van der Waals surface area contributed by atoms with Crippen molar-refractivity contribution < 1.29 is 9.13 Å². The van der Waals surface area contributed by atoms with Gasteiger partial charge in [-0.15, -0.1) is 0 Å². The van der Waals surface area contributed by atoms with Crippen molar-refractivity contribution in [2.24, 2.45) is 5.41 Å². The first-order valence-corrected chi connectivity index (χ1v) is 4.75. The second-order valence-corrected chi connectivity index (χ2v) is 4.16. The molecule has 14 heavy (non-hydrogen) atoms. The van der Waals surface area contributed by atoms with Crippen molar-refractivity contribution in [2.75, 3.05) is 25.1 Å². The summed E-state index contributed by atoms with van der Waals surface area (Å²) in [6.07, 6.45) is 0. The van der Waals surface area contributed by atoms with Crippen LogP contribution in [0.25, 0.3) is 0 Å². The highest BCUT2D eigenvalue weighted by atomic mass is 19.1. The van der Waals surface area contributed by atoms with Crippen LogP contribution in [-0.2, 0) is 4.74 Å². The lowest BCUT2D eigenvalue weighted by atomic mass is 9.89. The maximum Gasteiger partial charge on any atom is 0.123 e. The van der Waals surface area contributed by atoms with E-state index in [2.05, 4.69) is 12.2 Å². The highest BCUT2D eigenvalue weighted by Gasteiger charge is 2.32. The van der Waals surface area contributed by atoms with Crippen LogP contribution in [0, 0.1) is 11.2 Å². The molecular weight excluding hydrogens is 181 g/mol. The minimum absolute atomic E-state index is 0.200. The summed E-state index contributed by atoms with van der Waals surface area (Å²) in [6.45, 7) is 4.66. The number of hydrogen-bond donors (Lipinski definition) is 1. The summed E-state index contributed by atoms with van der Waals surface area (Å²) in [4.78, 5) is 0. The maximum absolute atomic E-state index is 12.6. The van der Waals surface area contributed by atoms with Crippen LogP contribution >= 0.6 is 0 Å². The molecule has 1 fully saturated rings. The van der Waals surface area contributed by atoms with Crippen molar-refractivity contribution in [3.05, 3.63) is 30.1 Å². The van der Waals surface area contributed by atoms with Gasteiger partial charge in [0.25, 0.3) is 0 Å². The third-order valence-corrected chi connectivity index (χ3v) is 2.46. The number of halogens is 1. The van der Waals surface area contributed by atoms with Crippen molar-refractivity contribution in [1.82, 2.24) is 0 Å². The lowest BCUT2D eigenvalue weighted by Gasteiger charge is -2.38. The summed E-state index contributed by atoms with van der Waals surface area (Å²) in [5.41, 5.74) is 1.20. The van der Waals surface area contributed by atoms with Crippen LogP contribution in [0.3, 0.4) is 0 Å². The molecule has 0 amide bonds. The zero-order valence-corrected chi connectivity index (χ0v) is 8.22. The van der Waals surface area contributed by atoms with E-state index in [4.69, 9.17) is 4.74 Å². The number of nitrogens with one attached hydrogen (secondary N) is 1. The van der Waals surface area contributed by atoms with Crippen LogP contribution < -0.4 is 5.32 Å². The third-order valence-electron chi connectivity index (χ3n) is 2.46. The molecule has 3 heteroatoms. The molecule has 1 aliphatic heterocycles. The lowest BCUT2D eigenvalue weighted by molar-refractivity contribution is -0.0924. The SMILES string of the molecule is CC1(CNc2ccc(F)cc2)COC1. The van der Waals surface area contributed by atoms with Gasteiger partial charge in [-0.3, -0.25) is 0 Å². The van der Waals surface area contributed by atoms with Crippen molar-refractivity contribution in [1.29, 1.82) is 0 Å². The first kappa shape index (κ1) is 9.46. The van der Waals surface area contributed by atoms with E-state index in [0.717, 1.165) is 25.4 Å². The Morgan fingerprint density at radius 2 is 2.00 bits per heavy atom. The van der Waals surface area contributed by atoms with Gasteiger partial charge in [0.05, 0.1) is 13.2 Å². The number of anilines is 1. The van der Waals surface area contributed by atoms with Crippen LogP contribution in [0.15, 0.2) is 24.3 Å². The first-order valence-electron chi connectivity index (χ1n) is 4.75. The summed E-state index contributed by atoms with van der Waals surface area (Å²) in [6, 6.07) is 6.42. The Labute approximate surface area is 83.1 Å². The molecule has 1 saturated heterocycles. The predicted molar refractivity (Wildman–Crippen MR) is 53.8 cm³/mol. The summed E-state index contributed by atoms with van der Waals surface area (Å²) in [5.74, 6) is -0.200. The van der Waals surface area contributed by atoms with Gasteiger partial charge in [0.15, 0.2) is 0 Å². The lowest BCUT2D eigenvalue weighted by Crippen LogP contribution is -2.45. The van der Waals surface area contributed by atoms with Crippen LogP contribution in [-0.4, -0.2) is 19.8 Å². The largest absolute Gasteiger partial charge is 0.384 e. The third kappa shape index (κ3) is 2.04. The fraction of sp³-hybridized carbons (Fsp3) is 0.455. The van der Waals surface area contributed by atoms with Crippen molar-refractivity contribution in [3.63, 3.8) is 0 Å². The Morgan fingerprint density at radius 3 is 2.50 bits per heavy atom. The van der Waals surface area contributed by atoms with Gasteiger partial charge in [-0.1, -0.05) is 6.92 Å². The van der Waals surface area contributed by atoms with Crippen LogP contribution in [0.4, 0.5) is 10.1 Å². The van der Waals surface area contributed by atoms with Gasteiger partial charge in [0.1, 0.15) is 5.82 Å². The fourth-order valence-electron chi connectivity index (χ4n) is 1.44. The summed E-state index contributed by atoms with van der Waals surface area (Å²) in [5, 5.41) is 3.27. The van der Waals surface area contributed by atoms with Gasteiger partial charge < -0.3 is 10.1 Å². The zero-order chi connectivity index (χ0) is 10.0. The van der Waals surface area contributed by atoms with E-state index < -0.39 is 0 Å². The van der Waals surface area contributed by atoms with E-state index in [9.17, 15) is 4.39 Å². The molecule has 1 heterocycles. The summed E-state index contributed by atoms with van der Waals surface area (Å²) < 4.78 is 17.7. The molecule has 76 valence electrons. The quantitative estimate of drug-likeness (QED) is 0.798. The highest BCUT2D eigenvalue weighted by molar-refractivity contribution is 5.43. The molecule has 0 unspecified atom stereocenters. The Morgan fingerprint density at radius 1 is 1.36 bits per heavy atom. The van der Waals surface area contributed by atoms with Crippen molar-refractivity contribution in [3.8, 4) is 0 Å². The molecule has 0 aliphatic carbocycles. The van der Waals surface area contributed by atoms with Crippen molar-refractivity contribution in [2.45, 2.75) is 6.92 Å². The van der Waals surface area contributed by atoms with Gasteiger partial charge in [0.2, 0.25) is 0 Å². The smallest absolute Gasteiger partial charge is 0.123 e. The van der Waals surface area contributed by atoms with E-state index in [1.165, 1.54) is 12.1 Å². The molecule has 0 atom stereocenters. The molecule has 1 aliphatic rings.